The molecule has 2 aromatic rings. The van der Waals surface area contributed by atoms with Gasteiger partial charge in [-0.2, -0.15) is 13.2 Å². The maximum atomic E-state index is 12.0. The molecule has 0 aliphatic carbocycles. The van der Waals surface area contributed by atoms with Crippen LogP contribution >= 0.6 is 11.3 Å². The first-order valence-corrected chi connectivity index (χ1v) is 7.38. The fourth-order valence-electron chi connectivity index (χ4n) is 1.71. The lowest BCUT2D eigenvalue weighted by Gasteiger charge is -2.15. The Labute approximate surface area is 133 Å². The zero-order valence-corrected chi connectivity index (χ0v) is 12.7. The van der Waals surface area contributed by atoms with E-state index in [0.717, 1.165) is 10.2 Å². The Morgan fingerprint density at radius 1 is 1.35 bits per heavy atom. The Morgan fingerprint density at radius 3 is 2.78 bits per heavy atom. The Kier molecular flexibility index (Phi) is 5.04. The molecule has 2 rings (SSSR count). The van der Waals surface area contributed by atoms with Gasteiger partial charge in [0.25, 0.3) is 0 Å². The van der Waals surface area contributed by atoms with Gasteiger partial charge in [0.1, 0.15) is 12.6 Å². The molecule has 0 fully saturated rings. The summed E-state index contributed by atoms with van der Waals surface area (Å²) < 4.78 is 36.8. The summed E-state index contributed by atoms with van der Waals surface area (Å²) in [7, 11) is 0. The van der Waals surface area contributed by atoms with Crippen molar-refractivity contribution >= 4 is 39.2 Å². The van der Waals surface area contributed by atoms with Gasteiger partial charge in [0.2, 0.25) is 5.91 Å². The van der Waals surface area contributed by atoms with Crippen LogP contribution in [0.1, 0.15) is 6.92 Å². The number of carbonyl (C=O) groups is 2. The van der Waals surface area contributed by atoms with Crippen molar-refractivity contribution in [2.45, 2.75) is 19.1 Å². The van der Waals surface area contributed by atoms with Crippen LogP contribution in [0, 0.1) is 0 Å². The van der Waals surface area contributed by atoms with Crippen molar-refractivity contribution in [1.29, 1.82) is 0 Å². The molecule has 0 aliphatic rings. The van der Waals surface area contributed by atoms with Gasteiger partial charge in [0.05, 0.1) is 15.7 Å². The normalized spacial score (nSPS) is 12.7. The first kappa shape index (κ1) is 17.0. The SMILES string of the molecule is C[C@H](Nc1ccc2ncsc2c1)C(=O)NC(=O)NCC(F)(F)F. The van der Waals surface area contributed by atoms with Gasteiger partial charge in [-0.3, -0.25) is 10.1 Å². The smallest absolute Gasteiger partial charge is 0.374 e. The van der Waals surface area contributed by atoms with Gasteiger partial charge in [-0.1, -0.05) is 0 Å². The van der Waals surface area contributed by atoms with Crippen molar-refractivity contribution < 1.29 is 22.8 Å². The molecule has 0 bridgehead atoms. The van der Waals surface area contributed by atoms with Crippen molar-refractivity contribution in [2.75, 3.05) is 11.9 Å². The van der Waals surface area contributed by atoms with Gasteiger partial charge < -0.3 is 10.6 Å². The number of rotatable bonds is 4. The molecular weight excluding hydrogens is 333 g/mol. The first-order valence-electron chi connectivity index (χ1n) is 6.50. The average Bonchev–Trinajstić information content (AvgIpc) is 2.91. The molecule has 23 heavy (non-hydrogen) atoms. The quantitative estimate of drug-likeness (QED) is 0.794. The molecule has 3 amide bonds. The van der Waals surface area contributed by atoms with Crippen LogP contribution in [-0.2, 0) is 4.79 Å². The lowest BCUT2D eigenvalue weighted by molar-refractivity contribution is -0.124. The second-order valence-corrected chi connectivity index (χ2v) is 5.57. The van der Waals surface area contributed by atoms with Crippen LogP contribution in [0.25, 0.3) is 10.2 Å². The molecule has 124 valence electrons. The first-order chi connectivity index (χ1) is 10.7. The zero-order chi connectivity index (χ0) is 17.0. The largest absolute Gasteiger partial charge is 0.405 e. The molecular formula is C13H13F3N4O2S. The number of aromatic nitrogens is 1. The van der Waals surface area contributed by atoms with Crippen LogP contribution in [0.4, 0.5) is 23.7 Å². The number of halogens is 3. The summed E-state index contributed by atoms with van der Waals surface area (Å²) in [6.45, 7) is -0.0147. The number of anilines is 1. The number of thiazole rings is 1. The minimum atomic E-state index is -4.53. The highest BCUT2D eigenvalue weighted by molar-refractivity contribution is 7.16. The summed E-state index contributed by atoms with van der Waals surface area (Å²) >= 11 is 1.43. The van der Waals surface area contributed by atoms with Gasteiger partial charge in [-0.15, -0.1) is 11.3 Å². The molecule has 0 radical (unpaired) electrons. The van der Waals surface area contributed by atoms with Crippen molar-refractivity contribution in [3.05, 3.63) is 23.7 Å². The minimum Gasteiger partial charge on any atom is -0.374 e. The van der Waals surface area contributed by atoms with E-state index in [-0.39, 0.29) is 0 Å². The number of benzene rings is 1. The van der Waals surface area contributed by atoms with E-state index < -0.39 is 30.7 Å². The van der Waals surface area contributed by atoms with Crippen molar-refractivity contribution in [1.82, 2.24) is 15.6 Å². The number of nitrogens with zero attached hydrogens (tertiary/aromatic N) is 1. The number of urea groups is 1. The highest BCUT2D eigenvalue weighted by atomic mass is 32.1. The Balaban J connectivity index is 1.88. The van der Waals surface area contributed by atoms with Crippen LogP contribution in [0.5, 0.6) is 0 Å². The number of nitrogens with one attached hydrogen (secondary N) is 3. The Bertz CT molecular complexity index is 717. The average molecular weight is 346 g/mol. The monoisotopic (exact) mass is 346 g/mol. The summed E-state index contributed by atoms with van der Waals surface area (Å²) in [6, 6.07) is 3.28. The van der Waals surface area contributed by atoms with Crippen LogP contribution in [0.3, 0.4) is 0 Å². The Morgan fingerprint density at radius 2 is 2.09 bits per heavy atom. The topological polar surface area (TPSA) is 83.1 Å². The van der Waals surface area contributed by atoms with E-state index in [0.29, 0.717) is 5.69 Å². The molecule has 1 atom stereocenters. The van der Waals surface area contributed by atoms with Gasteiger partial charge in [0.15, 0.2) is 0 Å². The van der Waals surface area contributed by atoms with E-state index in [4.69, 9.17) is 0 Å². The van der Waals surface area contributed by atoms with E-state index in [2.05, 4.69) is 10.3 Å². The van der Waals surface area contributed by atoms with E-state index in [1.165, 1.54) is 18.3 Å². The highest BCUT2D eigenvalue weighted by Crippen LogP contribution is 2.22. The molecule has 1 heterocycles. The molecule has 0 aliphatic heterocycles. The number of alkyl halides is 3. The summed E-state index contributed by atoms with van der Waals surface area (Å²) in [5.41, 5.74) is 3.15. The van der Waals surface area contributed by atoms with Crippen molar-refractivity contribution in [2.24, 2.45) is 0 Å². The third kappa shape index (κ3) is 5.09. The van der Waals surface area contributed by atoms with Crippen LogP contribution in [-0.4, -0.2) is 35.7 Å². The van der Waals surface area contributed by atoms with E-state index >= 15 is 0 Å². The second-order valence-electron chi connectivity index (χ2n) is 4.69. The van der Waals surface area contributed by atoms with E-state index in [9.17, 15) is 22.8 Å². The fourth-order valence-corrected chi connectivity index (χ4v) is 2.42. The molecule has 0 unspecified atom stereocenters. The summed E-state index contributed by atoms with van der Waals surface area (Å²) in [5, 5.41) is 6.27. The lowest BCUT2D eigenvalue weighted by atomic mass is 10.2. The number of fused-ring (bicyclic) bond motifs is 1. The molecule has 10 heteroatoms. The number of amides is 3. The molecule has 6 nitrogen and oxygen atoms in total. The van der Waals surface area contributed by atoms with Crippen LogP contribution in [0.15, 0.2) is 23.7 Å². The van der Waals surface area contributed by atoms with Crippen LogP contribution in [0.2, 0.25) is 0 Å². The maximum Gasteiger partial charge on any atom is 0.405 e. The number of imide groups is 1. The minimum absolute atomic E-state index is 0.639. The Hall–Kier alpha value is -2.36. The molecule has 0 saturated carbocycles. The molecule has 0 saturated heterocycles. The third-order valence-corrected chi connectivity index (χ3v) is 3.59. The van der Waals surface area contributed by atoms with Crippen molar-refractivity contribution in [3.8, 4) is 0 Å². The van der Waals surface area contributed by atoms with E-state index in [1.54, 1.807) is 29.0 Å². The predicted molar refractivity (Wildman–Crippen MR) is 80.3 cm³/mol. The number of carbonyl (C=O) groups excluding carboxylic acids is 2. The zero-order valence-electron chi connectivity index (χ0n) is 11.9. The maximum absolute atomic E-state index is 12.0. The van der Waals surface area contributed by atoms with Crippen LogP contribution < -0.4 is 16.0 Å². The third-order valence-electron chi connectivity index (χ3n) is 2.79. The number of hydrogen-bond donors (Lipinski definition) is 3. The standard InChI is InChI=1S/C13H13F3N4O2S/c1-7(11(21)20-12(22)17-5-13(14,15)16)19-8-2-3-9-10(4-8)23-6-18-9/h2-4,6-7,19H,5H2,1H3,(H2,17,20,21,22)/t7-/m0/s1. The van der Waals surface area contributed by atoms with Gasteiger partial charge in [-0.25, -0.2) is 9.78 Å². The summed E-state index contributed by atoms with van der Waals surface area (Å²) in [5.74, 6) is -0.742. The molecule has 0 spiro atoms. The lowest BCUT2D eigenvalue weighted by Crippen LogP contribution is -2.47. The van der Waals surface area contributed by atoms with E-state index in [1.807, 2.05) is 5.32 Å². The fraction of sp³-hybridized carbons (Fsp3) is 0.308. The highest BCUT2D eigenvalue weighted by Gasteiger charge is 2.28. The van der Waals surface area contributed by atoms with Crippen molar-refractivity contribution in [3.63, 3.8) is 0 Å². The van der Waals surface area contributed by atoms with Gasteiger partial charge >= 0.3 is 12.2 Å². The molecule has 3 N–H and O–H groups in total. The van der Waals surface area contributed by atoms with Gasteiger partial charge in [-0.05, 0) is 25.1 Å². The van der Waals surface area contributed by atoms with Gasteiger partial charge in [0, 0.05) is 5.69 Å². The summed E-state index contributed by atoms with van der Waals surface area (Å²) in [4.78, 5) is 27.1. The second kappa shape index (κ2) is 6.82. The molecule has 1 aromatic heterocycles. The number of hydrogen-bond acceptors (Lipinski definition) is 5. The molecule has 1 aromatic carbocycles. The predicted octanol–water partition coefficient (Wildman–Crippen LogP) is 2.48. The summed E-state index contributed by atoms with van der Waals surface area (Å²) in [6.07, 6.45) is -4.53.